The highest BCUT2D eigenvalue weighted by atomic mass is 16.2. The average molecular weight is 338 g/mol. The number of carbonyl (C=O) groups is 1. The second kappa shape index (κ2) is 8.21. The number of likely N-dealkylation sites (tertiary alicyclic amines) is 1. The smallest absolute Gasteiger partial charge is 0.227 e. The van der Waals surface area contributed by atoms with Crippen molar-refractivity contribution in [2.24, 2.45) is 5.92 Å². The third-order valence-electron chi connectivity index (χ3n) is 5.09. The van der Waals surface area contributed by atoms with E-state index in [0.717, 1.165) is 30.5 Å². The number of aromatic nitrogens is 2. The van der Waals surface area contributed by atoms with Crippen molar-refractivity contribution < 1.29 is 4.79 Å². The van der Waals surface area contributed by atoms with Crippen molar-refractivity contribution in [3.63, 3.8) is 0 Å². The molecule has 0 bridgehead atoms. The standard InChI is InChI=1S/C20H26N4O/c1-3-19-18(8-12-23(19)2)20(25)24(14-16-6-10-21-11-7-16)15-17-5-4-9-22-13-17/h4-7,9-11,13,18-19H,3,8,12,14-15H2,1-2H3/t18-,19+/m0/s1. The van der Waals surface area contributed by atoms with Gasteiger partial charge in [0.25, 0.3) is 0 Å². The second-order valence-corrected chi connectivity index (χ2v) is 6.76. The largest absolute Gasteiger partial charge is 0.334 e. The van der Waals surface area contributed by atoms with E-state index in [1.54, 1.807) is 18.6 Å². The van der Waals surface area contributed by atoms with Crippen LogP contribution in [0.5, 0.6) is 0 Å². The molecule has 0 N–H and O–H groups in total. The van der Waals surface area contributed by atoms with E-state index >= 15 is 0 Å². The SMILES string of the molecule is CC[C@@H]1[C@@H](C(=O)N(Cc2ccncc2)Cc2cccnc2)CCN1C. The molecule has 1 fully saturated rings. The Hall–Kier alpha value is -2.27. The molecule has 3 rings (SSSR count). The lowest BCUT2D eigenvalue weighted by Crippen LogP contribution is -2.41. The summed E-state index contributed by atoms with van der Waals surface area (Å²) in [5, 5.41) is 0. The van der Waals surface area contributed by atoms with Crippen LogP contribution in [0.15, 0.2) is 49.1 Å². The van der Waals surface area contributed by atoms with E-state index in [4.69, 9.17) is 0 Å². The van der Waals surface area contributed by atoms with Crippen molar-refractivity contribution in [1.29, 1.82) is 0 Å². The Morgan fingerprint density at radius 1 is 1.16 bits per heavy atom. The van der Waals surface area contributed by atoms with Crippen LogP contribution < -0.4 is 0 Å². The first-order chi connectivity index (χ1) is 12.2. The lowest BCUT2D eigenvalue weighted by atomic mass is 9.96. The highest BCUT2D eigenvalue weighted by Crippen LogP contribution is 2.28. The molecular formula is C20H26N4O. The van der Waals surface area contributed by atoms with Crippen LogP contribution in [-0.4, -0.2) is 45.3 Å². The van der Waals surface area contributed by atoms with Gasteiger partial charge in [-0.05, 0) is 55.8 Å². The Morgan fingerprint density at radius 3 is 2.60 bits per heavy atom. The minimum absolute atomic E-state index is 0.0773. The van der Waals surface area contributed by atoms with Crippen LogP contribution in [0, 0.1) is 5.92 Å². The first kappa shape index (κ1) is 17.5. The molecule has 5 heteroatoms. The van der Waals surface area contributed by atoms with Gasteiger partial charge < -0.3 is 9.80 Å². The number of hydrogen-bond acceptors (Lipinski definition) is 4. The minimum atomic E-state index is 0.0773. The van der Waals surface area contributed by atoms with Crippen molar-refractivity contribution in [3.05, 3.63) is 60.2 Å². The summed E-state index contributed by atoms with van der Waals surface area (Å²) in [4.78, 5) is 25.9. The molecule has 2 atom stereocenters. The van der Waals surface area contributed by atoms with E-state index in [-0.39, 0.29) is 11.8 Å². The maximum Gasteiger partial charge on any atom is 0.227 e. The van der Waals surface area contributed by atoms with Crippen LogP contribution in [0.25, 0.3) is 0 Å². The molecule has 25 heavy (non-hydrogen) atoms. The zero-order valence-corrected chi connectivity index (χ0v) is 15.0. The molecule has 2 aromatic rings. The van der Waals surface area contributed by atoms with Gasteiger partial charge in [0.05, 0.1) is 5.92 Å². The molecule has 0 unspecified atom stereocenters. The van der Waals surface area contributed by atoms with Gasteiger partial charge in [0.1, 0.15) is 0 Å². The first-order valence-corrected chi connectivity index (χ1v) is 8.96. The van der Waals surface area contributed by atoms with Gasteiger partial charge in [-0.2, -0.15) is 0 Å². The topological polar surface area (TPSA) is 49.3 Å². The van der Waals surface area contributed by atoms with Crippen LogP contribution in [0.3, 0.4) is 0 Å². The van der Waals surface area contributed by atoms with Crippen molar-refractivity contribution in [3.8, 4) is 0 Å². The molecule has 1 amide bonds. The van der Waals surface area contributed by atoms with Crippen molar-refractivity contribution in [1.82, 2.24) is 19.8 Å². The predicted molar refractivity (Wildman–Crippen MR) is 97.5 cm³/mol. The fourth-order valence-electron chi connectivity index (χ4n) is 3.76. The first-order valence-electron chi connectivity index (χ1n) is 8.96. The summed E-state index contributed by atoms with van der Waals surface area (Å²) in [6, 6.07) is 8.23. The van der Waals surface area contributed by atoms with Crippen LogP contribution in [0.4, 0.5) is 0 Å². The normalized spacial score (nSPS) is 20.6. The average Bonchev–Trinajstić information content (AvgIpc) is 3.03. The van der Waals surface area contributed by atoms with Crippen LogP contribution in [0.1, 0.15) is 30.9 Å². The van der Waals surface area contributed by atoms with E-state index in [1.165, 1.54) is 0 Å². The van der Waals surface area contributed by atoms with Gasteiger partial charge in [-0.3, -0.25) is 14.8 Å². The van der Waals surface area contributed by atoms with E-state index < -0.39 is 0 Å². The predicted octanol–water partition coefficient (Wildman–Crippen LogP) is 2.74. The molecule has 0 aromatic carbocycles. The van der Waals surface area contributed by atoms with Gasteiger partial charge in [-0.25, -0.2) is 0 Å². The van der Waals surface area contributed by atoms with Gasteiger partial charge in [0.2, 0.25) is 5.91 Å². The summed E-state index contributed by atoms with van der Waals surface area (Å²) in [5.41, 5.74) is 2.16. The van der Waals surface area contributed by atoms with Crippen LogP contribution >= 0.6 is 0 Å². The van der Waals surface area contributed by atoms with Crippen molar-refractivity contribution in [2.45, 2.75) is 38.9 Å². The third kappa shape index (κ3) is 4.23. The van der Waals surface area contributed by atoms with E-state index in [9.17, 15) is 4.79 Å². The fraction of sp³-hybridized carbons (Fsp3) is 0.450. The van der Waals surface area contributed by atoms with Crippen LogP contribution in [-0.2, 0) is 17.9 Å². The van der Waals surface area contributed by atoms with E-state index in [1.807, 2.05) is 35.4 Å². The lowest BCUT2D eigenvalue weighted by molar-refractivity contribution is -0.137. The van der Waals surface area contributed by atoms with Crippen molar-refractivity contribution in [2.75, 3.05) is 13.6 Å². The third-order valence-corrected chi connectivity index (χ3v) is 5.09. The minimum Gasteiger partial charge on any atom is -0.334 e. The van der Waals surface area contributed by atoms with Gasteiger partial charge in [-0.15, -0.1) is 0 Å². The molecule has 0 spiro atoms. The molecule has 1 aliphatic rings. The van der Waals surface area contributed by atoms with Crippen LogP contribution in [0.2, 0.25) is 0 Å². The molecule has 0 aliphatic carbocycles. The summed E-state index contributed by atoms with van der Waals surface area (Å²) >= 11 is 0. The summed E-state index contributed by atoms with van der Waals surface area (Å²) in [5.74, 6) is 0.324. The number of carbonyl (C=O) groups excluding carboxylic acids is 1. The highest BCUT2D eigenvalue weighted by molar-refractivity contribution is 5.80. The molecule has 3 heterocycles. The number of nitrogens with zero attached hydrogens (tertiary/aromatic N) is 4. The van der Waals surface area contributed by atoms with Gasteiger partial charge in [0.15, 0.2) is 0 Å². The Balaban J connectivity index is 1.81. The Bertz CT molecular complexity index is 635. The van der Waals surface area contributed by atoms with E-state index in [0.29, 0.717) is 19.1 Å². The lowest BCUT2D eigenvalue weighted by Gasteiger charge is -2.29. The monoisotopic (exact) mass is 338 g/mol. The molecule has 1 saturated heterocycles. The Labute approximate surface area is 149 Å². The molecule has 0 saturated carbocycles. The summed E-state index contributed by atoms with van der Waals surface area (Å²) < 4.78 is 0. The van der Waals surface area contributed by atoms with Gasteiger partial charge in [0, 0.05) is 43.9 Å². The maximum atomic E-state index is 13.3. The molecule has 0 radical (unpaired) electrons. The highest BCUT2D eigenvalue weighted by Gasteiger charge is 2.37. The summed E-state index contributed by atoms with van der Waals surface area (Å²) in [7, 11) is 2.12. The maximum absolute atomic E-state index is 13.3. The fourth-order valence-corrected chi connectivity index (χ4v) is 3.76. The molecule has 132 valence electrons. The summed E-state index contributed by atoms with van der Waals surface area (Å²) in [6.45, 7) is 4.35. The number of amides is 1. The molecular weight excluding hydrogens is 312 g/mol. The zero-order chi connectivity index (χ0) is 17.6. The Morgan fingerprint density at radius 2 is 1.92 bits per heavy atom. The summed E-state index contributed by atoms with van der Waals surface area (Å²) in [6.07, 6.45) is 9.10. The van der Waals surface area contributed by atoms with Gasteiger partial charge >= 0.3 is 0 Å². The Kier molecular flexibility index (Phi) is 5.76. The van der Waals surface area contributed by atoms with Gasteiger partial charge in [-0.1, -0.05) is 13.0 Å². The zero-order valence-electron chi connectivity index (χ0n) is 15.0. The number of rotatable bonds is 6. The molecule has 5 nitrogen and oxygen atoms in total. The molecule has 1 aliphatic heterocycles. The molecule has 2 aromatic heterocycles. The van der Waals surface area contributed by atoms with Crippen molar-refractivity contribution >= 4 is 5.91 Å². The number of hydrogen-bond donors (Lipinski definition) is 0. The number of pyridine rings is 2. The van der Waals surface area contributed by atoms with E-state index in [2.05, 4.69) is 28.8 Å². The second-order valence-electron chi connectivity index (χ2n) is 6.76. The quantitative estimate of drug-likeness (QED) is 0.813.